The Labute approximate surface area is 149 Å². The summed E-state index contributed by atoms with van der Waals surface area (Å²) in [7, 11) is 0. The number of carbonyl (C=O) groups is 1. The van der Waals surface area contributed by atoms with Crippen LogP contribution >= 0.6 is 0 Å². The summed E-state index contributed by atoms with van der Waals surface area (Å²) in [4.78, 5) is 12.6. The fourth-order valence-electron chi connectivity index (χ4n) is 4.01. The molecule has 0 radical (unpaired) electrons. The second kappa shape index (κ2) is 7.96. The number of Topliss-reactive ketones (excluding diaryl/α,β-unsaturated/α-hetero) is 1. The molecule has 0 atom stereocenters. The number of benzene rings is 1. The Morgan fingerprint density at radius 2 is 1.96 bits per heavy atom. The summed E-state index contributed by atoms with van der Waals surface area (Å²) in [5.41, 5.74) is 3.77. The van der Waals surface area contributed by atoms with Crippen molar-refractivity contribution in [3.05, 3.63) is 58.7 Å². The van der Waals surface area contributed by atoms with Crippen molar-refractivity contribution in [3.63, 3.8) is 0 Å². The molecule has 3 rings (SSSR count). The van der Waals surface area contributed by atoms with Gasteiger partial charge < -0.3 is 9.88 Å². The number of hydrogen-bond donors (Lipinski definition) is 1. The first-order chi connectivity index (χ1) is 12.1. The topological polar surface area (TPSA) is 34.0 Å². The van der Waals surface area contributed by atoms with E-state index in [0.717, 1.165) is 11.3 Å². The Morgan fingerprint density at radius 3 is 2.68 bits per heavy atom. The average molecular weight is 342 g/mol. The third kappa shape index (κ3) is 4.01. The third-order valence-corrected chi connectivity index (χ3v) is 5.29. The number of aromatic nitrogens is 1. The van der Waals surface area contributed by atoms with Crippen LogP contribution in [-0.2, 0) is 6.42 Å². The Balaban J connectivity index is 1.56. The number of carbonyl (C=O) groups excluding carboxylic acids is 1. The zero-order chi connectivity index (χ0) is 17.8. The van der Waals surface area contributed by atoms with Crippen molar-refractivity contribution in [2.45, 2.75) is 52.0 Å². The van der Waals surface area contributed by atoms with E-state index >= 15 is 0 Å². The highest BCUT2D eigenvalue weighted by Crippen LogP contribution is 2.33. The van der Waals surface area contributed by atoms with Crippen LogP contribution < -0.4 is 5.32 Å². The molecule has 2 aromatic rings. The van der Waals surface area contributed by atoms with Crippen molar-refractivity contribution in [1.29, 1.82) is 0 Å². The van der Waals surface area contributed by atoms with Crippen molar-refractivity contribution in [2.75, 3.05) is 13.1 Å². The van der Waals surface area contributed by atoms with Crippen LogP contribution in [0.4, 0.5) is 4.39 Å². The Kier molecular flexibility index (Phi) is 5.69. The molecule has 1 N–H and O–H groups in total. The average Bonchev–Trinajstić information content (AvgIpc) is 3.21. The maximum absolute atomic E-state index is 13.6. The fourth-order valence-corrected chi connectivity index (χ4v) is 4.01. The molecule has 0 aliphatic heterocycles. The van der Waals surface area contributed by atoms with Crippen molar-refractivity contribution in [3.8, 4) is 0 Å². The summed E-state index contributed by atoms with van der Waals surface area (Å²) in [5.74, 6) is -0.0679. The van der Waals surface area contributed by atoms with Crippen LogP contribution in [0.3, 0.4) is 0 Å². The molecule has 3 nitrogen and oxygen atoms in total. The zero-order valence-corrected chi connectivity index (χ0v) is 15.1. The number of rotatable bonds is 7. The van der Waals surface area contributed by atoms with Gasteiger partial charge in [0.1, 0.15) is 5.82 Å². The summed E-state index contributed by atoms with van der Waals surface area (Å²) >= 11 is 0. The van der Waals surface area contributed by atoms with Crippen LogP contribution in [0.15, 0.2) is 30.3 Å². The molecule has 0 amide bonds. The minimum atomic E-state index is -0.185. The quantitative estimate of drug-likeness (QED) is 0.599. The molecule has 1 heterocycles. The van der Waals surface area contributed by atoms with E-state index in [0.29, 0.717) is 31.1 Å². The first kappa shape index (κ1) is 17.9. The van der Waals surface area contributed by atoms with Gasteiger partial charge in [-0.05, 0) is 57.4 Å². The second-order valence-corrected chi connectivity index (χ2v) is 7.03. The lowest BCUT2D eigenvalue weighted by Gasteiger charge is -2.17. The summed E-state index contributed by atoms with van der Waals surface area (Å²) in [6, 6.07) is 9.36. The number of nitrogens with one attached hydrogen (secondary N) is 1. The standard InChI is InChI=1S/C21H27FN2O/c1-15-13-19(16(2)24(15)18-8-4-5-9-18)21(25)14-23-12-11-17-7-3-6-10-20(17)22/h3,6-7,10,13,18,23H,4-5,8-9,11-12,14H2,1-2H3. The normalized spacial score (nSPS) is 15.0. The van der Waals surface area contributed by atoms with Crippen molar-refractivity contribution < 1.29 is 9.18 Å². The highest BCUT2D eigenvalue weighted by atomic mass is 19.1. The van der Waals surface area contributed by atoms with E-state index in [1.165, 1.54) is 37.4 Å². The molecule has 1 aliphatic carbocycles. The molecular formula is C21H27FN2O. The van der Waals surface area contributed by atoms with Gasteiger partial charge in [-0.2, -0.15) is 0 Å². The minimum Gasteiger partial charge on any atom is -0.345 e. The smallest absolute Gasteiger partial charge is 0.178 e. The molecule has 1 aromatic carbocycles. The first-order valence-electron chi connectivity index (χ1n) is 9.23. The number of halogens is 1. The summed E-state index contributed by atoms with van der Waals surface area (Å²) in [5, 5.41) is 3.16. The second-order valence-electron chi connectivity index (χ2n) is 7.03. The summed E-state index contributed by atoms with van der Waals surface area (Å²) in [6.07, 6.45) is 5.57. The van der Waals surface area contributed by atoms with Crippen molar-refractivity contribution >= 4 is 5.78 Å². The minimum absolute atomic E-state index is 0.117. The van der Waals surface area contributed by atoms with Crippen molar-refractivity contribution in [2.24, 2.45) is 0 Å². The lowest BCUT2D eigenvalue weighted by Crippen LogP contribution is -2.25. The van der Waals surface area contributed by atoms with Gasteiger partial charge in [0.15, 0.2) is 5.78 Å². The van der Waals surface area contributed by atoms with Gasteiger partial charge in [0, 0.05) is 23.0 Å². The molecule has 4 heteroatoms. The van der Waals surface area contributed by atoms with Crippen molar-refractivity contribution in [1.82, 2.24) is 9.88 Å². The van der Waals surface area contributed by atoms with Gasteiger partial charge in [-0.1, -0.05) is 31.0 Å². The largest absolute Gasteiger partial charge is 0.345 e. The molecule has 0 unspecified atom stereocenters. The molecule has 1 fully saturated rings. The lowest BCUT2D eigenvalue weighted by molar-refractivity contribution is 0.0990. The number of ketones is 1. The van der Waals surface area contributed by atoms with Gasteiger partial charge in [0.05, 0.1) is 6.54 Å². The Hall–Kier alpha value is -1.94. The predicted octanol–water partition coefficient (Wildman–Crippen LogP) is 4.37. The van der Waals surface area contributed by atoms with Crippen LogP contribution in [0.25, 0.3) is 0 Å². The molecule has 1 aromatic heterocycles. The SMILES string of the molecule is Cc1cc(C(=O)CNCCc2ccccc2F)c(C)n1C1CCCC1. The van der Waals surface area contributed by atoms with E-state index in [1.54, 1.807) is 12.1 Å². The van der Waals surface area contributed by atoms with E-state index in [1.807, 2.05) is 12.1 Å². The molecule has 0 saturated heterocycles. The number of nitrogens with zero attached hydrogens (tertiary/aromatic N) is 1. The van der Waals surface area contributed by atoms with Gasteiger partial charge in [0.25, 0.3) is 0 Å². The molecular weight excluding hydrogens is 315 g/mol. The maximum atomic E-state index is 13.6. The molecule has 1 aliphatic rings. The van der Waals surface area contributed by atoms with Gasteiger partial charge >= 0.3 is 0 Å². The molecule has 0 spiro atoms. The van der Waals surface area contributed by atoms with E-state index in [9.17, 15) is 9.18 Å². The number of hydrogen-bond acceptors (Lipinski definition) is 2. The molecule has 0 bridgehead atoms. The maximum Gasteiger partial charge on any atom is 0.178 e. The van der Waals surface area contributed by atoms with Crippen LogP contribution in [0.2, 0.25) is 0 Å². The van der Waals surface area contributed by atoms with Crippen LogP contribution in [0.5, 0.6) is 0 Å². The predicted molar refractivity (Wildman–Crippen MR) is 98.7 cm³/mol. The summed E-state index contributed by atoms with van der Waals surface area (Å²) < 4.78 is 15.9. The third-order valence-electron chi connectivity index (χ3n) is 5.29. The molecule has 134 valence electrons. The first-order valence-corrected chi connectivity index (χ1v) is 9.23. The highest BCUT2D eigenvalue weighted by molar-refractivity contribution is 5.99. The van der Waals surface area contributed by atoms with Gasteiger partial charge in [-0.25, -0.2) is 4.39 Å². The van der Waals surface area contributed by atoms with E-state index in [2.05, 4.69) is 23.7 Å². The van der Waals surface area contributed by atoms with Gasteiger partial charge in [-0.3, -0.25) is 4.79 Å². The van der Waals surface area contributed by atoms with E-state index in [4.69, 9.17) is 0 Å². The summed E-state index contributed by atoms with van der Waals surface area (Å²) in [6.45, 7) is 5.03. The van der Waals surface area contributed by atoms with Crippen LogP contribution in [0, 0.1) is 19.7 Å². The van der Waals surface area contributed by atoms with Gasteiger partial charge in [0.2, 0.25) is 0 Å². The fraction of sp³-hybridized carbons (Fsp3) is 0.476. The monoisotopic (exact) mass is 342 g/mol. The lowest BCUT2D eigenvalue weighted by atomic mass is 10.1. The van der Waals surface area contributed by atoms with Crippen LogP contribution in [0.1, 0.15) is 59.0 Å². The molecule has 25 heavy (non-hydrogen) atoms. The molecule has 1 saturated carbocycles. The Morgan fingerprint density at radius 1 is 1.24 bits per heavy atom. The van der Waals surface area contributed by atoms with Gasteiger partial charge in [-0.15, -0.1) is 0 Å². The van der Waals surface area contributed by atoms with Crippen LogP contribution in [-0.4, -0.2) is 23.4 Å². The highest BCUT2D eigenvalue weighted by Gasteiger charge is 2.23. The Bertz CT molecular complexity index is 744. The number of aryl methyl sites for hydroxylation is 1. The van der Waals surface area contributed by atoms with E-state index in [-0.39, 0.29) is 11.6 Å². The zero-order valence-electron chi connectivity index (χ0n) is 15.1. The van der Waals surface area contributed by atoms with E-state index < -0.39 is 0 Å².